The second kappa shape index (κ2) is 10.6. The lowest BCUT2D eigenvalue weighted by Crippen LogP contribution is -2.33. The Morgan fingerprint density at radius 1 is 1.03 bits per heavy atom. The molecule has 0 aliphatic carbocycles. The number of amides is 1. The lowest BCUT2D eigenvalue weighted by atomic mass is 10.0. The summed E-state index contributed by atoms with van der Waals surface area (Å²) in [5.74, 6) is 3.08. The molecule has 0 fully saturated rings. The van der Waals surface area contributed by atoms with E-state index >= 15 is 0 Å². The fraction of sp³-hybridized carbons (Fsp3) is 0.296. The molecule has 1 amide bonds. The lowest BCUT2D eigenvalue weighted by Gasteiger charge is -2.21. The zero-order valence-corrected chi connectivity index (χ0v) is 19.8. The van der Waals surface area contributed by atoms with Crippen molar-refractivity contribution in [3.8, 4) is 17.1 Å². The van der Waals surface area contributed by atoms with E-state index in [2.05, 4.69) is 43.2 Å². The molecular formula is C27H29N5O3. The van der Waals surface area contributed by atoms with E-state index in [-0.39, 0.29) is 18.6 Å². The van der Waals surface area contributed by atoms with Gasteiger partial charge in [0.05, 0.1) is 12.3 Å². The number of nitrogens with one attached hydrogen (secondary N) is 1. The standard InChI is InChI=1S/C27H29N5O3/c1-20(28-26(33)19-35-22-9-3-2-4-10-22)27-30-29-25-13-14-31(15-16-32(25)27)18-21-8-5-6-11-23(21)24-12-7-17-34-24/h2-12,17,20H,13-16,18-19H2,1H3,(H,28,33). The first kappa shape index (κ1) is 22.9. The maximum absolute atomic E-state index is 12.4. The number of nitrogens with zero attached hydrogens (tertiary/aromatic N) is 4. The SMILES string of the molecule is CC(NC(=O)COc1ccccc1)c1nnc2n1CCN(Cc1ccccc1-c1ccco1)CC2. The maximum atomic E-state index is 12.4. The summed E-state index contributed by atoms with van der Waals surface area (Å²) >= 11 is 0. The Kier molecular flexibility index (Phi) is 6.90. The molecule has 0 saturated heterocycles. The molecule has 8 nitrogen and oxygen atoms in total. The van der Waals surface area contributed by atoms with Gasteiger partial charge in [0, 0.05) is 38.2 Å². The van der Waals surface area contributed by atoms with Gasteiger partial charge in [-0.25, -0.2) is 0 Å². The van der Waals surface area contributed by atoms with E-state index in [1.54, 1.807) is 6.26 Å². The van der Waals surface area contributed by atoms with E-state index in [4.69, 9.17) is 9.15 Å². The van der Waals surface area contributed by atoms with Gasteiger partial charge < -0.3 is 19.0 Å². The number of hydrogen-bond acceptors (Lipinski definition) is 6. The third kappa shape index (κ3) is 5.44. The van der Waals surface area contributed by atoms with Gasteiger partial charge in [-0.3, -0.25) is 9.69 Å². The number of rotatable bonds is 8. The Morgan fingerprint density at radius 2 is 1.86 bits per heavy atom. The number of aromatic nitrogens is 3. The molecule has 2 aromatic carbocycles. The van der Waals surface area contributed by atoms with Crippen molar-refractivity contribution in [2.45, 2.75) is 32.5 Å². The number of benzene rings is 2. The molecule has 35 heavy (non-hydrogen) atoms. The number of ether oxygens (including phenoxy) is 1. The summed E-state index contributed by atoms with van der Waals surface area (Å²) in [5.41, 5.74) is 2.36. The smallest absolute Gasteiger partial charge is 0.258 e. The van der Waals surface area contributed by atoms with Gasteiger partial charge in [0.25, 0.3) is 5.91 Å². The van der Waals surface area contributed by atoms with Crippen LogP contribution in [0.2, 0.25) is 0 Å². The van der Waals surface area contributed by atoms with Crippen LogP contribution < -0.4 is 10.1 Å². The summed E-state index contributed by atoms with van der Waals surface area (Å²) in [6, 6.07) is 21.3. The van der Waals surface area contributed by atoms with Gasteiger partial charge in [-0.1, -0.05) is 42.5 Å². The van der Waals surface area contributed by atoms with Gasteiger partial charge in [0.2, 0.25) is 0 Å². The molecule has 2 aromatic heterocycles. The van der Waals surface area contributed by atoms with E-state index in [1.807, 2.05) is 55.5 Å². The minimum atomic E-state index is -0.269. The van der Waals surface area contributed by atoms with Crippen LogP contribution in [0.15, 0.2) is 77.4 Å². The molecule has 3 heterocycles. The molecule has 0 saturated carbocycles. The van der Waals surface area contributed by atoms with E-state index in [0.29, 0.717) is 5.75 Å². The first-order valence-corrected chi connectivity index (χ1v) is 11.9. The summed E-state index contributed by atoms with van der Waals surface area (Å²) in [7, 11) is 0. The van der Waals surface area contributed by atoms with Crippen molar-refractivity contribution in [3.63, 3.8) is 0 Å². The van der Waals surface area contributed by atoms with E-state index in [1.165, 1.54) is 5.56 Å². The van der Waals surface area contributed by atoms with E-state index in [9.17, 15) is 4.79 Å². The average molecular weight is 472 g/mol. The Balaban J connectivity index is 1.20. The predicted octanol–water partition coefficient (Wildman–Crippen LogP) is 3.85. The Hall–Kier alpha value is -3.91. The van der Waals surface area contributed by atoms with Crippen LogP contribution in [0, 0.1) is 0 Å². The molecule has 4 aromatic rings. The molecule has 0 bridgehead atoms. The number of carbonyl (C=O) groups excluding carboxylic acids is 1. The fourth-order valence-electron chi connectivity index (χ4n) is 4.45. The predicted molar refractivity (Wildman–Crippen MR) is 132 cm³/mol. The Morgan fingerprint density at radius 3 is 2.69 bits per heavy atom. The minimum absolute atomic E-state index is 0.0434. The number of fused-ring (bicyclic) bond motifs is 1. The summed E-state index contributed by atoms with van der Waals surface area (Å²) in [4.78, 5) is 14.9. The topological polar surface area (TPSA) is 85.4 Å². The molecule has 180 valence electrons. The van der Waals surface area contributed by atoms with Crippen LogP contribution in [0.1, 0.15) is 30.2 Å². The third-order valence-electron chi connectivity index (χ3n) is 6.22. The van der Waals surface area contributed by atoms with Crippen LogP contribution in [0.4, 0.5) is 0 Å². The van der Waals surface area contributed by atoms with Crippen molar-refractivity contribution in [1.29, 1.82) is 0 Å². The first-order chi connectivity index (χ1) is 17.2. The highest BCUT2D eigenvalue weighted by molar-refractivity contribution is 5.77. The van der Waals surface area contributed by atoms with Crippen molar-refractivity contribution >= 4 is 5.91 Å². The van der Waals surface area contributed by atoms with Crippen LogP contribution in [0.25, 0.3) is 11.3 Å². The van der Waals surface area contributed by atoms with Crippen LogP contribution in [-0.2, 0) is 24.3 Å². The number of para-hydroxylation sites is 1. The average Bonchev–Trinajstić information content (AvgIpc) is 3.52. The molecular weight excluding hydrogens is 442 g/mol. The van der Waals surface area contributed by atoms with Crippen molar-refractivity contribution in [1.82, 2.24) is 25.0 Å². The van der Waals surface area contributed by atoms with Crippen LogP contribution >= 0.6 is 0 Å². The first-order valence-electron chi connectivity index (χ1n) is 11.9. The number of hydrogen-bond donors (Lipinski definition) is 1. The quantitative estimate of drug-likeness (QED) is 0.420. The van der Waals surface area contributed by atoms with E-state index < -0.39 is 0 Å². The van der Waals surface area contributed by atoms with Crippen molar-refractivity contribution in [2.75, 3.05) is 19.7 Å². The van der Waals surface area contributed by atoms with Crippen LogP contribution in [0.5, 0.6) is 5.75 Å². The molecule has 1 atom stereocenters. The maximum Gasteiger partial charge on any atom is 0.258 e. The second-order valence-electron chi connectivity index (χ2n) is 8.68. The van der Waals surface area contributed by atoms with Crippen LogP contribution in [0.3, 0.4) is 0 Å². The summed E-state index contributed by atoms with van der Waals surface area (Å²) in [5, 5.41) is 11.8. The van der Waals surface area contributed by atoms with Crippen LogP contribution in [-0.4, -0.2) is 45.3 Å². The molecule has 8 heteroatoms. The van der Waals surface area contributed by atoms with Gasteiger partial charge in [0.1, 0.15) is 17.3 Å². The van der Waals surface area contributed by atoms with E-state index in [0.717, 1.165) is 55.6 Å². The number of carbonyl (C=O) groups is 1. The zero-order valence-electron chi connectivity index (χ0n) is 19.8. The highest BCUT2D eigenvalue weighted by atomic mass is 16.5. The van der Waals surface area contributed by atoms with Gasteiger partial charge in [-0.15, -0.1) is 10.2 Å². The van der Waals surface area contributed by atoms with Crippen molar-refractivity contribution in [2.24, 2.45) is 0 Å². The van der Waals surface area contributed by atoms with Gasteiger partial charge in [-0.05, 0) is 36.8 Å². The molecule has 1 N–H and O–H groups in total. The fourth-order valence-corrected chi connectivity index (χ4v) is 4.45. The molecule has 1 unspecified atom stereocenters. The molecule has 5 rings (SSSR count). The second-order valence-corrected chi connectivity index (χ2v) is 8.68. The number of furan rings is 1. The van der Waals surface area contributed by atoms with Gasteiger partial charge in [-0.2, -0.15) is 0 Å². The molecule has 1 aliphatic rings. The van der Waals surface area contributed by atoms with Crippen molar-refractivity contribution < 1.29 is 13.9 Å². The molecule has 1 aliphatic heterocycles. The minimum Gasteiger partial charge on any atom is -0.484 e. The largest absolute Gasteiger partial charge is 0.484 e. The van der Waals surface area contributed by atoms with Gasteiger partial charge >= 0.3 is 0 Å². The Bertz CT molecular complexity index is 1250. The summed E-state index contributed by atoms with van der Waals surface area (Å²) in [6.45, 7) is 5.23. The summed E-state index contributed by atoms with van der Waals surface area (Å²) in [6.07, 6.45) is 2.51. The highest BCUT2D eigenvalue weighted by Gasteiger charge is 2.23. The molecule has 0 spiro atoms. The monoisotopic (exact) mass is 471 g/mol. The third-order valence-corrected chi connectivity index (χ3v) is 6.22. The summed E-state index contributed by atoms with van der Waals surface area (Å²) < 4.78 is 13.3. The normalized spacial score (nSPS) is 14.7. The molecule has 0 radical (unpaired) electrons. The zero-order chi connectivity index (χ0) is 24.0. The lowest BCUT2D eigenvalue weighted by molar-refractivity contribution is -0.123. The van der Waals surface area contributed by atoms with Crippen molar-refractivity contribution in [3.05, 3.63) is 90.2 Å². The highest BCUT2D eigenvalue weighted by Crippen LogP contribution is 2.26. The Labute approximate surface area is 204 Å². The van der Waals surface area contributed by atoms with Gasteiger partial charge in [0.15, 0.2) is 12.4 Å².